The standard InChI is InChI=1S/C21H13BrF5N5O2S/c1-32-14(12(22)16(31-32)21(25,26)27)19(34)30-13-11-9(8-5-3-2-4-6-8)7-10(17(23)24)29-20(11)35-15(13)18(28)33/h2-7,17H,1H3,(H2,28,33)(H,30,34). The summed E-state index contributed by atoms with van der Waals surface area (Å²) in [7, 11) is 1.14. The first-order valence-corrected chi connectivity index (χ1v) is 11.2. The Hall–Kier alpha value is -3.39. The molecule has 2 amide bonds. The van der Waals surface area contributed by atoms with E-state index in [0.717, 1.165) is 17.8 Å². The largest absolute Gasteiger partial charge is 0.436 e. The van der Waals surface area contributed by atoms with Gasteiger partial charge in [0.1, 0.15) is 21.1 Å². The van der Waals surface area contributed by atoms with Crippen LogP contribution in [0.3, 0.4) is 0 Å². The highest BCUT2D eigenvalue weighted by molar-refractivity contribution is 9.10. The second-order valence-corrected chi connectivity index (χ2v) is 8.99. The number of rotatable bonds is 5. The number of amides is 2. The van der Waals surface area contributed by atoms with Crippen LogP contribution in [0.25, 0.3) is 21.3 Å². The van der Waals surface area contributed by atoms with Gasteiger partial charge in [-0.1, -0.05) is 30.3 Å². The Morgan fingerprint density at radius 3 is 2.40 bits per heavy atom. The number of primary amides is 1. The average Bonchev–Trinajstić information content (AvgIpc) is 3.30. The summed E-state index contributed by atoms with van der Waals surface area (Å²) < 4.78 is 66.9. The lowest BCUT2D eigenvalue weighted by atomic mass is 10.0. The van der Waals surface area contributed by atoms with Gasteiger partial charge in [0.2, 0.25) is 0 Å². The van der Waals surface area contributed by atoms with Crippen LogP contribution in [-0.4, -0.2) is 26.6 Å². The number of carbonyl (C=O) groups excluding carboxylic acids is 2. The predicted molar refractivity (Wildman–Crippen MR) is 122 cm³/mol. The summed E-state index contributed by atoms with van der Waals surface area (Å²) in [6, 6.07) is 9.41. The number of benzene rings is 1. The lowest BCUT2D eigenvalue weighted by molar-refractivity contribution is -0.142. The fourth-order valence-electron chi connectivity index (χ4n) is 3.47. The molecule has 0 atom stereocenters. The Morgan fingerprint density at radius 2 is 1.86 bits per heavy atom. The van der Waals surface area contributed by atoms with Gasteiger partial charge in [-0.15, -0.1) is 11.3 Å². The number of nitrogens with zero attached hydrogens (tertiary/aromatic N) is 3. The van der Waals surface area contributed by atoms with Crippen molar-refractivity contribution in [1.29, 1.82) is 0 Å². The highest BCUT2D eigenvalue weighted by atomic mass is 79.9. The Labute approximate surface area is 205 Å². The Morgan fingerprint density at radius 1 is 1.20 bits per heavy atom. The van der Waals surface area contributed by atoms with Crippen molar-refractivity contribution in [2.45, 2.75) is 12.6 Å². The number of hydrogen-bond acceptors (Lipinski definition) is 5. The highest BCUT2D eigenvalue weighted by Gasteiger charge is 2.39. The Bertz CT molecular complexity index is 1470. The van der Waals surface area contributed by atoms with E-state index in [2.05, 4.69) is 31.3 Å². The summed E-state index contributed by atoms with van der Waals surface area (Å²) in [4.78, 5) is 28.9. The fraction of sp³-hybridized carbons (Fsp3) is 0.143. The van der Waals surface area contributed by atoms with E-state index in [1.54, 1.807) is 30.3 Å². The number of hydrogen-bond donors (Lipinski definition) is 2. The average molecular weight is 574 g/mol. The van der Waals surface area contributed by atoms with Crippen LogP contribution in [-0.2, 0) is 13.2 Å². The Kier molecular flexibility index (Phi) is 6.36. The molecule has 35 heavy (non-hydrogen) atoms. The van der Waals surface area contributed by atoms with Gasteiger partial charge in [-0.3, -0.25) is 14.3 Å². The molecule has 0 aliphatic heterocycles. The quantitative estimate of drug-likeness (QED) is 0.296. The van der Waals surface area contributed by atoms with Gasteiger partial charge in [0.15, 0.2) is 5.69 Å². The van der Waals surface area contributed by atoms with Gasteiger partial charge in [-0.2, -0.15) is 18.3 Å². The number of thiophene rings is 1. The van der Waals surface area contributed by atoms with E-state index in [1.807, 2.05) is 0 Å². The molecule has 182 valence electrons. The summed E-state index contributed by atoms with van der Waals surface area (Å²) in [5, 5.41) is 5.91. The molecule has 0 aliphatic rings. The maximum Gasteiger partial charge on any atom is 0.436 e. The van der Waals surface area contributed by atoms with E-state index in [9.17, 15) is 31.5 Å². The molecule has 0 aliphatic carbocycles. The molecule has 14 heteroatoms. The number of pyridine rings is 1. The van der Waals surface area contributed by atoms with Crippen molar-refractivity contribution in [2.24, 2.45) is 12.8 Å². The zero-order valence-corrected chi connectivity index (χ0v) is 19.9. The lowest BCUT2D eigenvalue weighted by Crippen LogP contribution is -2.19. The number of alkyl halides is 5. The van der Waals surface area contributed by atoms with Gasteiger partial charge in [0, 0.05) is 12.4 Å². The maximum absolute atomic E-state index is 13.5. The Balaban J connectivity index is 1.94. The third kappa shape index (κ3) is 4.50. The van der Waals surface area contributed by atoms with Gasteiger partial charge in [-0.05, 0) is 33.1 Å². The van der Waals surface area contributed by atoms with Crippen LogP contribution in [0, 0.1) is 0 Å². The molecular formula is C21H13BrF5N5O2S. The molecule has 1 aromatic carbocycles. The predicted octanol–water partition coefficient (Wildman–Crippen LogP) is 5.77. The van der Waals surface area contributed by atoms with Crippen molar-refractivity contribution in [1.82, 2.24) is 14.8 Å². The molecule has 3 aromatic heterocycles. The highest BCUT2D eigenvalue weighted by Crippen LogP contribution is 2.43. The van der Waals surface area contributed by atoms with Crippen LogP contribution in [0.5, 0.6) is 0 Å². The molecule has 0 spiro atoms. The molecule has 3 heterocycles. The number of anilines is 1. The van der Waals surface area contributed by atoms with Gasteiger partial charge in [-0.25, -0.2) is 13.8 Å². The summed E-state index contributed by atoms with van der Waals surface area (Å²) in [5.74, 6) is -2.03. The maximum atomic E-state index is 13.5. The van der Waals surface area contributed by atoms with E-state index in [4.69, 9.17) is 5.73 Å². The van der Waals surface area contributed by atoms with Crippen LogP contribution in [0.2, 0.25) is 0 Å². The normalized spacial score (nSPS) is 11.9. The van der Waals surface area contributed by atoms with E-state index >= 15 is 0 Å². The first-order valence-electron chi connectivity index (χ1n) is 9.62. The third-order valence-electron chi connectivity index (χ3n) is 4.93. The lowest BCUT2D eigenvalue weighted by Gasteiger charge is -2.11. The minimum Gasteiger partial charge on any atom is -0.365 e. The van der Waals surface area contributed by atoms with E-state index in [0.29, 0.717) is 16.9 Å². The van der Waals surface area contributed by atoms with Crippen molar-refractivity contribution in [3.05, 3.63) is 62.8 Å². The summed E-state index contributed by atoms with van der Waals surface area (Å²) in [6.07, 6.45) is -7.76. The molecule has 0 unspecified atom stereocenters. The second-order valence-electron chi connectivity index (χ2n) is 7.20. The number of carbonyl (C=O) groups is 2. The summed E-state index contributed by atoms with van der Waals surface area (Å²) >= 11 is 3.45. The number of aromatic nitrogens is 3. The molecule has 3 N–H and O–H groups in total. The summed E-state index contributed by atoms with van der Waals surface area (Å²) in [6.45, 7) is 0. The SMILES string of the molecule is Cn1nc(C(F)(F)F)c(Br)c1C(=O)Nc1c(C(N)=O)sc2nc(C(F)F)cc(-c3ccccc3)c12. The van der Waals surface area contributed by atoms with Gasteiger partial charge in [0.05, 0.1) is 10.2 Å². The molecule has 0 saturated heterocycles. The molecule has 7 nitrogen and oxygen atoms in total. The van der Waals surface area contributed by atoms with Crippen LogP contribution in [0.1, 0.15) is 38.0 Å². The zero-order valence-electron chi connectivity index (χ0n) is 17.5. The zero-order chi connectivity index (χ0) is 25.7. The van der Waals surface area contributed by atoms with E-state index < -0.39 is 46.0 Å². The second kappa shape index (κ2) is 9.00. The molecule has 0 fully saturated rings. The topological polar surface area (TPSA) is 103 Å². The number of nitrogens with one attached hydrogen (secondary N) is 1. The third-order valence-corrected chi connectivity index (χ3v) is 6.77. The van der Waals surface area contributed by atoms with Crippen molar-refractivity contribution < 1.29 is 31.5 Å². The van der Waals surface area contributed by atoms with E-state index in [1.165, 1.54) is 0 Å². The number of halogens is 6. The van der Waals surface area contributed by atoms with Crippen molar-refractivity contribution >= 4 is 55.0 Å². The van der Waals surface area contributed by atoms with Crippen LogP contribution in [0.4, 0.5) is 27.6 Å². The minimum absolute atomic E-state index is 0.00851. The first-order chi connectivity index (χ1) is 16.4. The number of fused-ring (bicyclic) bond motifs is 1. The van der Waals surface area contributed by atoms with Crippen LogP contribution < -0.4 is 11.1 Å². The van der Waals surface area contributed by atoms with Crippen LogP contribution >= 0.6 is 27.3 Å². The first kappa shape index (κ1) is 24.7. The summed E-state index contributed by atoms with van der Waals surface area (Å²) in [5.41, 5.74) is 3.66. The number of nitrogens with two attached hydrogens (primary N) is 1. The van der Waals surface area contributed by atoms with Gasteiger partial charge < -0.3 is 11.1 Å². The monoisotopic (exact) mass is 573 g/mol. The van der Waals surface area contributed by atoms with Gasteiger partial charge >= 0.3 is 6.18 Å². The molecule has 4 aromatic rings. The van der Waals surface area contributed by atoms with Crippen molar-refractivity contribution in [3.8, 4) is 11.1 Å². The van der Waals surface area contributed by atoms with E-state index in [-0.39, 0.29) is 26.3 Å². The number of aryl methyl sites for hydroxylation is 1. The molecule has 0 radical (unpaired) electrons. The molecular weight excluding hydrogens is 561 g/mol. The van der Waals surface area contributed by atoms with Crippen molar-refractivity contribution in [2.75, 3.05) is 5.32 Å². The van der Waals surface area contributed by atoms with Crippen molar-refractivity contribution in [3.63, 3.8) is 0 Å². The minimum atomic E-state index is -4.83. The molecule has 4 rings (SSSR count). The molecule has 0 saturated carbocycles. The smallest absolute Gasteiger partial charge is 0.365 e. The van der Waals surface area contributed by atoms with Crippen LogP contribution in [0.15, 0.2) is 40.9 Å². The van der Waals surface area contributed by atoms with Gasteiger partial charge in [0.25, 0.3) is 18.2 Å². The molecule has 0 bridgehead atoms. The fourth-order valence-corrected chi connectivity index (χ4v) is 5.22.